The number of ether oxygens (including phenoxy) is 1. The van der Waals surface area contributed by atoms with Gasteiger partial charge in [0.2, 0.25) is 0 Å². The summed E-state index contributed by atoms with van der Waals surface area (Å²) in [5.74, 6) is 0.284. The summed E-state index contributed by atoms with van der Waals surface area (Å²) in [5.41, 5.74) is 8.75. The normalized spacial score (nSPS) is 38.1. The Balaban J connectivity index is 1.72. The Kier molecular flexibility index (Phi) is 4.11. The average molecular weight is 321 g/mol. The molecule has 1 aliphatic heterocycles. The van der Waals surface area contributed by atoms with Gasteiger partial charge in [-0.25, -0.2) is 0 Å². The predicted molar refractivity (Wildman–Crippen MR) is 84.3 cm³/mol. The molecular formula is C15H24BN3O4. The summed E-state index contributed by atoms with van der Waals surface area (Å²) in [7, 11) is 0.763. The number of azide groups is 1. The summed E-state index contributed by atoms with van der Waals surface area (Å²) in [6.45, 7) is 6.71. The highest BCUT2D eigenvalue weighted by Crippen LogP contribution is 2.65. The van der Waals surface area contributed by atoms with Crippen molar-refractivity contribution in [3.8, 4) is 0 Å². The van der Waals surface area contributed by atoms with Crippen LogP contribution < -0.4 is 0 Å². The number of carbonyl (C=O) groups is 1. The van der Waals surface area contributed by atoms with E-state index in [1.807, 2.05) is 0 Å². The lowest BCUT2D eigenvalue weighted by atomic mass is 9.43. The zero-order valence-electron chi connectivity index (χ0n) is 14.2. The minimum atomic E-state index is -0.583. The third-order valence-corrected chi connectivity index (χ3v) is 6.35. The smallest absolute Gasteiger partial charge is 0.466 e. The second-order valence-corrected chi connectivity index (χ2v) is 7.72. The van der Waals surface area contributed by atoms with Crippen molar-refractivity contribution in [2.75, 3.05) is 7.11 Å². The van der Waals surface area contributed by atoms with Crippen LogP contribution in [0, 0.1) is 17.3 Å². The van der Waals surface area contributed by atoms with Crippen LogP contribution in [-0.4, -0.2) is 37.8 Å². The Morgan fingerprint density at radius 3 is 2.83 bits per heavy atom. The van der Waals surface area contributed by atoms with Gasteiger partial charge in [-0.2, -0.15) is 0 Å². The maximum Gasteiger partial charge on any atom is 0.466 e. The summed E-state index contributed by atoms with van der Waals surface area (Å²) in [5, 5.41) is 3.80. The minimum Gasteiger partial charge on any atom is -0.469 e. The molecule has 1 saturated heterocycles. The number of carbonyl (C=O) groups excluding carboxylic acids is 1. The van der Waals surface area contributed by atoms with Gasteiger partial charge in [0, 0.05) is 11.3 Å². The first-order valence-corrected chi connectivity index (χ1v) is 8.27. The van der Waals surface area contributed by atoms with E-state index in [0.29, 0.717) is 18.3 Å². The van der Waals surface area contributed by atoms with Crippen LogP contribution in [0.15, 0.2) is 5.11 Å². The molecule has 3 saturated carbocycles. The van der Waals surface area contributed by atoms with Gasteiger partial charge in [0.25, 0.3) is 0 Å². The monoisotopic (exact) mass is 321 g/mol. The van der Waals surface area contributed by atoms with E-state index in [9.17, 15) is 4.79 Å². The fraction of sp³-hybridized carbons (Fsp3) is 0.933. The Bertz CT molecular complexity index is 551. The van der Waals surface area contributed by atoms with Crippen LogP contribution in [0.1, 0.15) is 46.5 Å². The van der Waals surface area contributed by atoms with Gasteiger partial charge >= 0.3 is 13.1 Å². The summed E-state index contributed by atoms with van der Waals surface area (Å²) in [6.07, 6.45) is 2.74. The summed E-state index contributed by atoms with van der Waals surface area (Å²) >= 11 is 0. The molecular weight excluding hydrogens is 297 g/mol. The highest BCUT2D eigenvalue weighted by atomic mass is 16.7. The van der Waals surface area contributed by atoms with Crippen LogP contribution in [0.25, 0.3) is 10.4 Å². The van der Waals surface area contributed by atoms with E-state index in [1.165, 1.54) is 13.5 Å². The lowest BCUT2D eigenvalue weighted by molar-refractivity contribution is -0.199. The molecule has 0 N–H and O–H groups in total. The molecule has 0 radical (unpaired) electrons. The molecule has 0 aromatic heterocycles. The molecule has 126 valence electrons. The van der Waals surface area contributed by atoms with E-state index in [0.717, 1.165) is 6.42 Å². The highest BCUT2D eigenvalue weighted by Gasteiger charge is 2.68. The number of methoxy groups -OCH3 is 1. The van der Waals surface area contributed by atoms with E-state index >= 15 is 0 Å². The first-order valence-electron chi connectivity index (χ1n) is 8.27. The van der Waals surface area contributed by atoms with Crippen LogP contribution in [0.3, 0.4) is 0 Å². The van der Waals surface area contributed by atoms with Crippen molar-refractivity contribution < 1.29 is 18.8 Å². The maximum atomic E-state index is 11.4. The standard InChI is InChI=1S/C15H24BN3O4/c1-14(2)9-7-10(14)15(3)11(8-9)22-16(23-15)12(18-19-17)5-6-13(20)21-4/h9-12H,5-8H2,1-4H3/t9?,10?,11-,12?,15+/m1/s1. The quantitative estimate of drug-likeness (QED) is 0.256. The summed E-state index contributed by atoms with van der Waals surface area (Å²) in [6, 6.07) is 0. The lowest BCUT2D eigenvalue weighted by Gasteiger charge is -2.64. The van der Waals surface area contributed by atoms with E-state index in [-0.39, 0.29) is 29.5 Å². The van der Waals surface area contributed by atoms with Crippen LogP contribution >= 0.6 is 0 Å². The van der Waals surface area contributed by atoms with Gasteiger partial charge in [-0.05, 0) is 49.0 Å². The SMILES string of the molecule is COC(=O)CCC(N=[N+]=[N-])B1O[C@@H]2CC3CC(C3(C)C)[C@]2(C)O1. The minimum absolute atomic E-state index is 0.0406. The van der Waals surface area contributed by atoms with Crippen LogP contribution in [0.2, 0.25) is 0 Å². The molecule has 4 rings (SSSR count). The molecule has 8 heteroatoms. The molecule has 0 aromatic carbocycles. The lowest BCUT2D eigenvalue weighted by Crippen LogP contribution is -2.65. The molecule has 2 bridgehead atoms. The molecule has 7 nitrogen and oxygen atoms in total. The molecule has 0 spiro atoms. The fourth-order valence-electron chi connectivity index (χ4n) is 4.75. The zero-order valence-corrected chi connectivity index (χ0v) is 14.2. The Labute approximate surface area is 136 Å². The zero-order chi connectivity index (χ0) is 16.8. The molecule has 0 aromatic rings. The average Bonchev–Trinajstić information content (AvgIpc) is 2.87. The van der Waals surface area contributed by atoms with Gasteiger partial charge in [0.1, 0.15) is 0 Å². The predicted octanol–water partition coefficient (Wildman–Crippen LogP) is 2.89. The van der Waals surface area contributed by atoms with Crippen LogP contribution in [0.5, 0.6) is 0 Å². The number of hydrogen-bond acceptors (Lipinski definition) is 5. The van der Waals surface area contributed by atoms with Crippen molar-refractivity contribution in [1.29, 1.82) is 0 Å². The molecule has 3 aliphatic carbocycles. The number of nitrogens with zero attached hydrogens (tertiary/aromatic N) is 3. The van der Waals surface area contributed by atoms with Gasteiger partial charge in [0.15, 0.2) is 0 Å². The number of rotatable bonds is 5. The number of esters is 1. The van der Waals surface area contributed by atoms with Crippen molar-refractivity contribution >= 4 is 13.1 Å². The van der Waals surface area contributed by atoms with Gasteiger partial charge in [-0.3, -0.25) is 4.79 Å². The third kappa shape index (κ3) is 2.53. The van der Waals surface area contributed by atoms with Crippen molar-refractivity contribution in [2.45, 2.75) is 64.1 Å². The van der Waals surface area contributed by atoms with E-state index < -0.39 is 13.1 Å². The second-order valence-electron chi connectivity index (χ2n) is 7.72. The van der Waals surface area contributed by atoms with Gasteiger partial charge < -0.3 is 14.0 Å². The van der Waals surface area contributed by atoms with E-state index in [4.69, 9.17) is 14.8 Å². The van der Waals surface area contributed by atoms with Crippen molar-refractivity contribution in [1.82, 2.24) is 0 Å². The van der Waals surface area contributed by atoms with Crippen LogP contribution in [-0.2, 0) is 18.8 Å². The topological polar surface area (TPSA) is 93.5 Å². The largest absolute Gasteiger partial charge is 0.469 e. The third-order valence-electron chi connectivity index (χ3n) is 6.35. The first kappa shape index (κ1) is 16.6. The van der Waals surface area contributed by atoms with Gasteiger partial charge in [-0.15, -0.1) is 0 Å². The van der Waals surface area contributed by atoms with Gasteiger partial charge in [-0.1, -0.05) is 19.0 Å². The second kappa shape index (κ2) is 5.69. The summed E-state index contributed by atoms with van der Waals surface area (Å²) in [4.78, 5) is 14.3. The van der Waals surface area contributed by atoms with Crippen molar-refractivity contribution in [2.24, 2.45) is 22.4 Å². The Morgan fingerprint density at radius 1 is 1.48 bits per heavy atom. The first-order chi connectivity index (χ1) is 10.8. The van der Waals surface area contributed by atoms with Crippen LogP contribution in [0.4, 0.5) is 0 Å². The molecule has 1 heterocycles. The molecule has 0 amide bonds. The molecule has 4 fully saturated rings. The summed E-state index contributed by atoms with van der Waals surface area (Å²) < 4.78 is 17.0. The van der Waals surface area contributed by atoms with E-state index in [1.54, 1.807) is 0 Å². The van der Waals surface area contributed by atoms with E-state index in [2.05, 4.69) is 35.5 Å². The molecule has 5 atom stereocenters. The Hall–Kier alpha value is -1.24. The maximum absolute atomic E-state index is 11.4. The number of hydrogen-bond donors (Lipinski definition) is 0. The molecule has 4 aliphatic rings. The highest BCUT2D eigenvalue weighted by molar-refractivity contribution is 6.47. The molecule has 3 unspecified atom stereocenters. The van der Waals surface area contributed by atoms with Crippen molar-refractivity contribution in [3.05, 3.63) is 10.4 Å². The Morgan fingerprint density at radius 2 is 2.22 bits per heavy atom. The fourth-order valence-corrected chi connectivity index (χ4v) is 4.75. The van der Waals surface area contributed by atoms with Crippen molar-refractivity contribution in [3.63, 3.8) is 0 Å². The van der Waals surface area contributed by atoms with Gasteiger partial charge in [0.05, 0.1) is 24.8 Å². The molecule has 23 heavy (non-hydrogen) atoms.